The van der Waals surface area contributed by atoms with Crippen molar-refractivity contribution < 1.29 is 9.47 Å². The van der Waals surface area contributed by atoms with Crippen LogP contribution >= 0.6 is 0 Å². The number of nitrogens with one attached hydrogen (secondary N) is 1. The summed E-state index contributed by atoms with van der Waals surface area (Å²) in [4.78, 5) is 8.35. The summed E-state index contributed by atoms with van der Waals surface area (Å²) in [6.07, 6.45) is 0. The lowest BCUT2D eigenvalue weighted by Gasteiger charge is -2.25. The van der Waals surface area contributed by atoms with Crippen LogP contribution in [0.1, 0.15) is 11.3 Å². The van der Waals surface area contributed by atoms with Crippen LogP contribution in [0.15, 0.2) is 18.2 Å². The third-order valence-electron chi connectivity index (χ3n) is 4.80. The van der Waals surface area contributed by atoms with Crippen LogP contribution in [0.3, 0.4) is 0 Å². The molecule has 1 aliphatic rings. The van der Waals surface area contributed by atoms with Crippen LogP contribution in [0.5, 0.6) is 5.75 Å². The molecule has 1 atom stereocenters. The maximum Gasteiger partial charge on any atom is 0.119 e. The highest BCUT2D eigenvalue weighted by atomic mass is 16.5. The van der Waals surface area contributed by atoms with Gasteiger partial charge in [0.25, 0.3) is 0 Å². The molecule has 1 aliphatic heterocycles. The molecule has 0 spiro atoms. The number of rotatable bonds is 5. The number of aryl methyl sites for hydroxylation is 1. The maximum atomic E-state index is 5.80. The first kappa shape index (κ1) is 17.3. The molecule has 5 nitrogen and oxygen atoms in total. The third kappa shape index (κ3) is 3.91. The van der Waals surface area contributed by atoms with Gasteiger partial charge in [-0.15, -0.1) is 0 Å². The summed E-state index contributed by atoms with van der Waals surface area (Å²) in [5, 5.41) is 1.25. The Kier molecular flexibility index (Phi) is 5.43. The van der Waals surface area contributed by atoms with Crippen molar-refractivity contribution in [2.45, 2.75) is 13.5 Å². The second-order valence-corrected chi connectivity index (χ2v) is 7.08. The first-order valence-electron chi connectivity index (χ1n) is 8.67. The number of aromatic nitrogens is 1. The Bertz CT molecular complexity index is 681. The summed E-state index contributed by atoms with van der Waals surface area (Å²) < 4.78 is 11.2. The minimum atomic E-state index is 0.562. The highest BCUT2D eigenvalue weighted by molar-refractivity contribution is 5.85. The molecular weight excluding hydrogens is 302 g/mol. The van der Waals surface area contributed by atoms with Gasteiger partial charge in [0.2, 0.25) is 0 Å². The summed E-state index contributed by atoms with van der Waals surface area (Å²) in [5.74, 6) is 1.47. The van der Waals surface area contributed by atoms with Crippen molar-refractivity contribution in [3.8, 4) is 5.75 Å². The van der Waals surface area contributed by atoms with E-state index >= 15 is 0 Å². The molecule has 0 amide bonds. The molecule has 2 aromatic rings. The minimum Gasteiger partial charge on any atom is -0.497 e. The van der Waals surface area contributed by atoms with Gasteiger partial charge in [-0.05, 0) is 44.8 Å². The Hall–Kier alpha value is -1.56. The summed E-state index contributed by atoms with van der Waals surface area (Å²) in [6.45, 7) is 7.95. The summed E-state index contributed by atoms with van der Waals surface area (Å²) in [7, 11) is 5.97. The number of H-pyrrole nitrogens is 1. The smallest absolute Gasteiger partial charge is 0.119 e. The molecule has 0 radical (unpaired) electrons. The van der Waals surface area contributed by atoms with Crippen LogP contribution in [-0.2, 0) is 11.3 Å². The SMILES string of the molecule is COc1ccc2[nH]c(CN3CCOC[C@H](CN(C)C)C3)c(C)c2c1. The Morgan fingerprint density at radius 3 is 2.96 bits per heavy atom. The molecular formula is C19H29N3O2. The van der Waals surface area contributed by atoms with Crippen LogP contribution in [0, 0.1) is 12.8 Å². The summed E-state index contributed by atoms with van der Waals surface area (Å²) in [5.41, 5.74) is 3.79. The largest absolute Gasteiger partial charge is 0.497 e. The van der Waals surface area contributed by atoms with Crippen molar-refractivity contribution in [2.75, 3.05) is 54.1 Å². The number of hydrogen-bond acceptors (Lipinski definition) is 4. The minimum absolute atomic E-state index is 0.562. The predicted octanol–water partition coefficient (Wildman–Crippen LogP) is 2.49. The normalized spacial score (nSPS) is 19.8. The van der Waals surface area contributed by atoms with E-state index in [1.807, 2.05) is 6.07 Å². The van der Waals surface area contributed by atoms with Crippen LogP contribution in [0.25, 0.3) is 10.9 Å². The van der Waals surface area contributed by atoms with Gasteiger partial charge in [0.15, 0.2) is 0 Å². The van der Waals surface area contributed by atoms with E-state index in [-0.39, 0.29) is 0 Å². The summed E-state index contributed by atoms with van der Waals surface area (Å²) in [6, 6.07) is 6.23. The van der Waals surface area contributed by atoms with Crippen LogP contribution < -0.4 is 4.74 Å². The third-order valence-corrected chi connectivity index (χ3v) is 4.80. The van der Waals surface area contributed by atoms with Crippen molar-refractivity contribution in [1.82, 2.24) is 14.8 Å². The van der Waals surface area contributed by atoms with E-state index in [0.717, 1.165) is 45.1 Å². The number of ether oxygens (including phenoxy) is 2. The van der Waals surface area contributed by atoms with Crippen molar-refractivity contribution in [2.24, 2.45) is 5.92 Å². The number of methoxy groups -OCH3 is 1. The molecule has 0 unspecified atom stereocenters. The zero-order chi connectivity index (χ0) is 17.1. The quantitative estimate of drug-likeness (QED) is 0.914. The molecule has 0 saturated carbocycles. The molecule has 1 aromatic heterocycles. The average molecular weight is 331 g/mol. The maximum absolute atomic E-state index is 5.80. The number of nitrogens with zero attached hydrogens (tertiary/aromatic N) is 2. The Morgan fingerprint density at radius 2 is 2.21 bits per heavy atom. The highest BCUT2D eigenvalue weighted by Crippen LogP contribution is 2.27. The number of benzene rings is 1. The zero-order valence-corrected chi connectivity index (χ0v) is 15.3. The van der Waals surface area contributed by atoms with Gasteiger partial charge in [0, 0.05) is 48.7 Å². The fraction of sp³-hybridized carbons (Fsp3) is 0.579. The topological polar surface area (TPSA) is 40.7 Å². The van der Waals surface area contributed by atoms with Gasteiger partial charge >= 0.3 is 0 Å². The molecule has 5 heteroatoms. The van der Waals surface area contributed by atoms with Gasteiger partial charge in [-0.3, -0.25) is 4.90 Å². The van der Waals surface area contributed by atoms with E-state index in [2.05, 4.69) is 47.9 Å². The molecule has 0 bridgehead atoms. The number of aromatic amines is 1. The second kappa shape index (κ2) is 7.55. The Labute approximate surface area is 144 Å². The van der Waals surface area contributed by atoms with Gasteiger partial charge < -0.3 is 19.4 Å². The molecule has 1 aromatic carbocycles. The number of hydrogen-bond donors (Lipinski definition) is 1. The molecule has 24 heavy (non-hydrogen) atoms. The average Bonchev–Trinajstić information content (AvgIpc) is 2.71. The van der Waals surface area contributed by atoms with Crippen molar-refractivity contribution >= 4 is 10.9 Å². The summed E-state index contributed by atoms with van der Waals surface area (Å²) >= 11 is 0. The van der Waals surface area contributed by atoms with Gasteiger partial charge in [0.05, 0.1) is 20.3 Å². The fourth-order valence-corrected chi connectivity index (χ4v) is 3.59. The second-order valence-electron chi connectivity index (χ2n) is 7.08. The van der Waals surface area contributed by atoms with Crippen molar-refractivity contribution in [3.63, 3.8) is 0 Å². The molecule has 1 N–H and O–H groups in total. The van der Waals surface area contributed by atoms with Gasteiger partial charge in [-0.1, -0.05) is 0 Å². The lowest BCUT2D eigenvalue weighted by Crippen LogP contribution is -2.34. The Balaban J connectivity index is 1.76. The first-order chi connectivity index (χ1) is 11.6. The van der Waals surface area contributed by atoms with E-state index in [1.54, 1.807) is 7.11 Å². The monoisotopic (exact) mass is 331 g/mol. The van der Waals surface area contributed by atoms with E-state index in [1.165, 1.54) is 22.2 Å². The molecule has 2 heterocycles. The molecule has 3 rings (SSSR count). The lowest BCUT2D eigenvalue weighted by atomic mass is 10.1. The fourth-order valence-electron chi connectivity index (χ4n) is 3.59. The van der Waals surface area contributed by atoms with Crippen LogP contribution in [0.2, 0.25) is 0 Å². The standard InChI is InChI=1S/C19H29N3O2/c1-14-17-9-16(23-4)5-6-18(17)20-19(14)12-22-7-8-24-13-15(11-22)10-21(2)3/h5-6,9,15,20H,7-8,10-13H2,1-4H3/t15-/m1/s1. The van der Waals surface area contributed by atoms with Crippen LogP contribution in [-0.4, -0.2) is 68.8 Å². The van der Waals surface area contributed by atoms with E-state index in [9.17, 15) is 0 Å². The molecule has 132 valence electrons. The van der Waals surface area contributed by atoms with E-state index in [0.29, 0.717) is 5.92 Å². The zero-order valence-electron chi connectivity index (χ0n) is 15.3. The van der Waals surface area contributed by atoms with Crippen LogP contribution in [0.4, 0.5) is 0 Å². The van der Waals surface area contributed by atoms with Crippen molar-refractivity contribution in [1.29, 1.82) is 0 Å². The van der Waals surface area contributed by atoms with Gasteiger partial charge in [-0.25, -0.2) is 0 Å². The molecule has 0 aliphatic carbocycles. The predicted molar refractivity (Wildman–Crippen MR) is 97.7 cm³/mol. The molecule has 1 saturated heterocycles. The Morgan fingerprint density at radius 1 is 1.38 bits per heavy atom. The van der Waals surface area contributed by atoms with Gasteiger partial charge in [-0.2, -0.15) is 0 Å². The van der Waals surface area contributed by atoms with E-state index < -0.39 is 0 Å². The van der Waals surface area contributed by atoms with Gasteiger partial charge in [0.1, 0.15) is 5.75 Å². The number of fused-ring (bicyclic) bond motifs is 1. The highest BCUT2D eigenvalue weighted by Gasteiger charge is 2.21. The lowest BCUT2D eigenvalue weighted by molar-refractivity contribution is 0.112. The van der Waals surface area contributed by atoms with Crippen molar-refractivity contribution in [3.05, 3.63) is 29.5 Å². The molecule has 1 fully saturated rings. The first-order valence-corrected chi connectivity index (χ1v) is 8.67. The van der Waals surface area contributed by atoms with E-state index in [4.69, 9.17) is 9.47 Å².